The van der Waals surface area contributed by atoms with Gasteiger partial charge in [-0.3, -0.25) is 9.52 Å². The number of ether oxygens (including phenoxy) is 1. The normalized spacial score (nSPS) is 11.1. The van der Waals surface area contributed by atoms with E-state index in [4.69, 9.17) is 4.74 Å². The Morgan fingerprint density at radius 1 is 1.03 bits per heavy atom. The fourth-order valence-corrected chi connectivity index (χ4v) is 4.42. The number of amides is 1. The second-order valence-corrected chi connectivity index (χ2v) is 8.95. The number of anilines is 2. The van der Waals surface area contributed by atoms with E-state index in [0.29, 0.717) is 5.69 Å². The fourth-order valence-electron chi connectivity index (χ4n) is 3.17. The summed E-state index contributed by atoms with van der Waals surface area (Å²) in [6.45, 7) is 1.89. The number of aryl methyl sites for hydroxylation is 1. The quantitative estimate of drug-likeness (QED) is 0.415. The topological polar surface area (TPSA) is 115 Å². The van der Waals surface area contributed by atoms with Crippen molar-refractivity contribution in [3.63, 3.8) is 0 Å². The van der Waals surface area contributed by atoms with Crippen molar-refractivity contribution >= 4 is 27.3 Å². The molecule has 0 fully saturated rings. The molecular weight excluding hydrogens is 461 g/mol. The average Bonchev–Trinajstić information content (AvgIpc) is 3.35. The Bertz CT molecular complexity index is 1440. The zero-order valence-corrected chi connectivity index (χ0v) is 19.0. The highest BCUT2D eigenvalue weighted by Crippen LogP contribution is 2.28. The third kappa shape index (κ3) is 4.89. The summed E-state index contributed by atoms with van der Waals surface area (Å²) in [6.07, 6.45) is 2.62. The highest BCUT2D eigenvalue weighted by atomic mass is 32.2. The van der Waals surface area contributed by atoms with E-state index in [1.54, 1.807) is 24.3 Å². The van der Waals surface area contributed by atoms with Crippen molar-refractivity contribution in [2.75, 3.05) is 17.1 Å². The van der Waals surface area contributed by atoms with Crippen LogP contribution in [0.2, 0.25) is 0 Å². The molecule has 1 heterocycles. The Hall–Kier alpha value is -4.25. The summed E-state index contributed by atoms with van der Waals surface area (Å²) < 4.78 is 49.4. The lowest BCUT2D eigenvalue weighted by Gasteiger charge is -2.14. The molecule has 0 unspecified atom stereocenters. The van der Waals surface area contributed by atoms with Crippen molar-refractivity contribution in [2.45, 2.75) is 11.8 Å². The average molecular weight is 482 g/mol. The smallest absolute Gasteiger partial charge is 0.265 e. The van der Waals surface area contributed by atoms with Gasteiger partial charge in [-0.2, -0.15) is 5.10 Å². The molecular formula is C23H20FN5O4S. The van der Waals surface area contributed by atoms with Gasteiger partial charge in [0.2, 0.25) is 0 Å². The summed E-state index contributed by atoms with van der Waals surface area (Å²) in [4.78, 5) is 16.4. The van der Waals surface area contributed by atoms with Crippen LogP contribution in [0, 0.1) is 12.7 Å². The predicted octanol–water partition coefficient (Wildman–Crippen LogP) is 3.78. The van der Waals surface area contributed by atoms with Gasteiger partial charge >= 0.3 is 0 Å². The molecule has 0 aliphatic carbocycles. The maximum absolute atomic E-state index is 14.5. The number of rotatable bonds is 7. The highest BCUT2D eigenvalue weighted by Gasteiger charge is 2.22. The first-order valence-electron chi connectivity index (χ1n) is 10.0. The monoisotopic (exact) mass is 481 g/mol. The first kappa shape index (κ1) is 22.9. The zero-order valence-electron chi connectivity index (χ0n) is 18.2. The highest BCUT2D eigenvalue weighted by molar-refractivity contribution is 7.92. The van der Waals surface area contributed by atoms with Gasteiger partial charge in [0.25, 0.3) is 15.9 Å². The molecule has 0 saturated carbocycles. The Morgan fingerprint density at radius 3 is 2.41 bits per heavy atom. The third-order valence-corrected chi connectivity index (χ3v) is 6.29. The van der Waals surface area contributed by atoms with Gasteiger partial charge in [0.1, 0.15) is 29.0 Å². The number of nitrogens with zero attached hydrogens (tertiary/aromatic N) is 3. The molecule has 2 N–H and O–H groups in total. The summed E-state index contributed by atoms with van der Waals surface area (Å²) >= 11 is 0. The Balaban J connectivity index is 1.59. The number of hydrogen-bond donors (Lipinski definition) is 2. The number of carbonyl (C=O) groups excluding carboxylic acids is 1. The van der Waals surface area contributed by atoms with Crippen molar-refractivity contribution in [1.82, 2.24) is 14.8 Å². The van der Waals surface area contributed by atoms with Gasteiger partial charge in [-0.25, -0.2) is 22.5 Å². The molecule has 3 aromatic carbocycles. The van der Waals surface area contributed by atoms with E-state index in [9.17, 15) is 17.6 Å². The number of hydrogen-bond acceptors (Lipinski definition) is 6. The van der Waals surface area contributed by atoms with Gasteiger partial charge in [0.05, 0.1) is 7.11 Å². The summed E-state index contributed by atoms with van der Waals surface area (Å²) in [5.41, 5.74) is 1.74. The van der Waals surface area contributed by atoms with Gasteiger partial charge in [-0.15, -0.1) is 0 Å². The first-order chi connectivity index (χ1) is 16.3. The summed E-state index contributed by atoms with van der Waals surface area (Å²) in [5.74, 6) is -1.18. The molecule has 0 aliphatic heterocycles. The molecule has 9 nitrogen and oxygen atoms in total. The van der Waals surface area contributed by atoms with E-state index < -0.39 is 21.7 Å². The first-order valence-corrected chi connectivity index (χ1v) is 11.5. The molecule has 0 bridgehead atoms. The predicted molar refractivity (Wildman–Crippen MR) is 124 cm³/mol. The molecule has 1 aromatic heterocycles. The lowest BCUT2D eigenvalue weighted by Crippen LogP contribution is -2.17. The molecule has 0 spiro atoms. The number of sulfonamides is 1. The lowest BCUT2D eigenvalue weighted by molar-refractivity contribution is 0.102. The number of halogens is 1. The number of benzene rings is 3. The van der Waals surface area contributed by atoms with E-state index in [1.165, 1.54) is 54.8 Å². The number of nitrogens with one attached hydrogen (secondary N) is 2. The van der Waals surface area contributed by atoms with E-state index in [0.717, 1.165) is 11.6 Å². The van der Waals surface area contributed by atoms with E-state index in [1.807, 2.05) is 6.92 Å². The molecule has 174 valence electrons. The number of carbonyl (C=O) groups is 1. The molecule has 0 radical (unpaired) electrons. The van der Waals surface area contributed by atoms with Crippen LogP contribution < -0.4 is 14.8 Å². The van der Waals surface area contributed by atoms with E-state index in [2.05, 4.69) is 20.1 Å². The van der Waals surface area contributed by atoms with Gasteiger partial charge in [-0.1, -0.05) is 17.7 Å². The minimum atomic E-state index is -4.07. The lowest BCUT2D eigenvalue weighted by atomic mass is 10.2. The molecule has 0 saturated heterocycles. The molecule has 0 aliphatic rings. The standard InChI is InChI=1S/C23H20FN5O4S/c1-15-3-6-17(7-4-15)28-34(31,32)22-11-16(5-10-21(22)33-2)23(30)27-18-8-9-20(19(24)12-18)29-14-25-13-26-29/h3-14,28H,1-2H3,(H,27,30). The summed E-state index contributed by atoms with van der Waals surface area (Å²) in [7, 11) is -2.73. The van der Waals surface area contributed by atoms with Crippen LogP contribution >= 0.6 is 0 Å². The van der Waals surface area contributed by atoms with Crippen LogP contribution in [0.4, 0.5) is 15.8 Å². The van der Waals surface area contributed by atoms with Gasteiger partial charge in [0.15, 0.2) is 5.82 Å². The van der Waals surface area contributed by atoms with Crippen LogP contribution in [-0.4, -0.2) is 36.2 Å². The third-order valence-electron chi connectivity index (χ3n) is 4.89. The van der Waals surface area contributed by atoms with E-state index >= 15 is 0 Å². The SMILES string of the molecule is COc1ccc(C(=O)Nc2ccc(-n3cncn3)c(F)c2)cc1S(=O)(=O)Nc1ccc(C)cc1. The second kappa shape index (κ2) is 9.32. The van der Waals surface area contributed by atoms with Gasteiger partial charge in [0, 0.05) is 16.9 Å². The molecule has 11 heteroatoms. The minimum Gasteiger partial charge on any atom is -0.495 e. The summed E-state index contributed by atoms with van der Waals surface area (Å²) in [6, 6.07) is 14.9. The number of methoxy groups -OCH3 is 1. The van der Waals surface area contributed by atoms with E-state index in [-0.39, 0.29) is 27.6 Å². The van der Waals surface area contributed by atoms with Crippen molar-refractivity contribution in [3.8, 4) is 11.4 Å². The summed E-state index contributed by atoms with van der Waals surface area (Å²) in [5, 5.41) is 6.44. The molecule has 4 rings (SSSR count). The maximum Gasteiger partial charge on any atom is 0.265 e. The Kier molecular flexibility index (Phi) is 6.28. The second-order valence-electron chi connectivity index (χ2n) is 7.30. The van der Waals surface area contributed by atoms with Gasteiger partial charge in [-0.05, 0) is 55.5 Å². The largest absolute Gasteiger partial charge is 0.495 e. The van der Waals surface area contributed by atoms with Crippen molar-refractivity contribution in [3.05, 3.63) is 90.3 Å². The fraction of sp³-hybridized carbons (Fsp3) is 0.0870. The zero-order chi connectivity index (χ0) is 24.3. The van der Waals surface area contributed by atoms with Crippen molar-refractivity contribution < 1.29 is 22.3 Å². The van der Waals surface area contributed by atoms with Crippen LogP contribution in [0.25, 0.3) is 5.69 Å². The van der Waals surface area contributed by atoms with Crippen LogP contribution in [0.3, 0.4) is 0 Å². The van der Waals surface area contributed by atoms with Crippen molar-refractivity contribution in [1.29, 1.82) is 0 Å². The number of aromatic nitrogens is 3. The molecule has 1 amide bonds. The maximum atomic E-state index is 14.5. The van der Waals surface area contributed by atoms with Crippen LogP contribution in [-0.2, 0) is 10.0 Å². The molecule has 34 heavy (non-hydrogen) atoms. The van der Waals surface area contributed by atoms with Crippen LogP contribution in [0.15, 0.2) is 78.2 Å². The minimum absolute atomic E-state index is 0.0471. The van der Waals surface area contributed by atoms with Crippen molar-refractivity contribution in [2.24, 2.45) is 0 Å². The Labute approximate surface area is 195 Å². The molecule has 4 aromatic rings. The molecule has 0 atom stereocenters. The van der Waals surface area contributed by atoms with Gasteiger partial charge < -0.3 is 10.1 Å². The Morgan fingerprint density at radius 2 is 1.76 bits per heavy atom. The van der Waals surface area contributed by atoms with Crippen LogP contribution in [0.5, 0.6) is 5.75 Å². The van der Waals surface area contributed by atoms with Crippen LogP contribution in [0.1, 0.15) is 15.9 Å².